The maximum Gasteiger partial charge on any atom is 0.230 e. The quantitative estimate of drug-likeness (QED) is 0.517. The van der Waals surface area contributed by atoms with Crippen LogP contribution in [0.4, 0.5) is 0 Å². The van der Waals surface area contributed by atoms with Crippen LogP contribution in [0.5, 0.6) is 0 Å². The van der Waals surface area contributed by atoms with E-state index in [0.29, 0.717) is 0 Å². The van der Waals surface area contributed by atoms with Gasteiger partial charge in [-0.25, -0.2) is 0 Å². The standard InChI is InChI=1S/C21H20NO/c1-16-7-6-14-22(15-16)17(2)21(23)20-12-10-19(11-13-20)18-8-4-3-5-9-18/h3-15,17H,1-2H3/q+1. The summed E-state index contributed by atoms with van der Waals surface area (Å²) in [5, 5.41) is 0. The van der Waals surface area contributed by atoms with E-state index in [1.807, 2.05) is 85.4 Å². The van der Waals surface area contributed by atoms with Crippen molar-refractivity contribution in [3.63, 3.8) is 0 Å². The smallest absolute Gasteiger partial charge is 0.230 e. The minimum absolute atomic E-state index is 0.125. The first kappa shape index (κ1) is 15.2. The number of hydrogen-bond acceptors (Lipinski definition) is 1. The molecule has 0 saturated carbocycles. The molecule has 3 aromatic rings. The van der Waals surface area contributed by atoms with E-state index < -0.39 is 0 Å². The van der Waals surface area contributed by atoms with Crippen molar-refractivity contribution in [1.29, 1.82) is 0 Å². The molecular formula is C21H20NO+. The number of aromatic nitrogens is 1. The Hall–Kier alpha value is -2.74. The first-order valence-electron chi connectivity index (χ1n) is 7.82. The Morgan fingerprint density at radius 2 is 1.52 bits per heavy atom. The van der Waals surface area contributed by atoms with Crippen molar-refractivity contribution in [3.05, 3.63) is 90.3 Å². The lowest BCUT2D eigenvalue weighted by Gasteiger charge is -2.08. The normalized spacial score (nSPS) is 11.9. The number of Topliss-reactive ketones (excluding diaryl/α,β-unsaturated/α-hetero) is 1. The van der Waals surface area contributed by atoms with Gasteiger partial charge in [-0.05, 0) is 24.1 Å². The van der Waals surface area contributed by atoms with E-state index in [9.17, 15) is 4.79 Å². The number of aryl methyl sites for hydroxylation is 1. The van der Waals surface area contributed by atoms with Gasteiger partial charge in [0.15, 0.2) is 12.4 Å². The molecule has 0 N–H and O–H groups in total. The summed E-state index contributed by atoms with van der Waals surface area (Å²) in [4.78, 5) is 12.7. The number of ketones is 1. The molecule has 23 heavy (non-hydrogen) atoms. The van der Waals surface area contributed by atoms with Gasteiger partial charge in [0.1, 0.15) is 0 Å². The number of hydrogen-bond donors (Lipinski definition) is 0. The van der Waals surface area contributed by atoms with E-state index in [1.165, 1.54) is 0 Å². The van der Waals surface area contributed by atoms with E-state index in [0.717, 1.165) is 22.3 Å². The van der Waals surface area contributed by atoms with Crippen molar-refractivity contribution in [1.82, 2.24) is 0 Å². The molecule has 1 atom stereocenters. The van der Waals surface area contributed by atoms with E-state index >= 15 is 0 Å². The Morgan fingerprint density at radius 3 is 2.17 bits per heavy atom. The lowest BCUT2D eigenvalue weighted by molar-refractivity contribution is -0.705. The highest BCUT2D eigenvalue weighted by Crippen LogP contribution is 2.20. The Kier molecular flexibility index (Phi) is 4.33. The van der Waals surface area contributed by atoms with Crippen LogP contribution in [0.15, 0.2) is 79.1 Å². The summed E-state index contributed by atoms with van der Waals surface area (Å²) >= 11 is 0. The van der Waals surface area contributed by atoms with E-state index in [-0.39, 0.29) is 11.8 Å². The molecule has 0 aliphatic heterocycles. The third-order valence-corrected chi connectivity index (χ3v) is 4.07. The SMILES string of the molecule is Cc1ccc[n+](C(C)C(=O)c2ccc(-c3ccccc3)cc2)c1. The summed E-state index contributed by atoms with van der Waals surface area (Å²) in [6.07, 6.45) is 3.94. The van der Waals surface area contributed by atoms with Crippen LogP contribution >= 0.6 is 0 Å². The predicted molar refractivity (Wildman–Crippen MR) is 92.3 cm³/mol. The molecule has 2 aromatic carbocycles. The minimum Gasteiger partial charge on any atom is -0.287 e. The minimum atomic E-state index is -0.211. The van der Waals surface area contributed by atoms with E-state index in [1.54, 1.807) is 0 Å². The topological polar surface area (TPSA) is 20.9 Å². The van der Waals surface area contributed by atoms with Gasteiger partial charge in [-0.15, -0.1) is 0 Å². The van der Waals surface area contributed by atoms with Crippen LogP contribution in [0.25, 0.3) is 11.1 Å². The van der Waals surface area contributed by atoms with Crippen LogP contribution in [-0.2, 0) is 0 Å². The predicted octanol–water partition coefficient (Wildman–Crippen LogP) is 4.39. The van der Waals surface area contributed by atoms with Crippen LogP contribution in [-0.4, -0.2) is 5.78 Å². The summed E-state index contributed by atoms with van der Waals surface area (Å²) in [6, 6.07) is 21.8. The summed E-state index contributed by atoms with van der Waals surface area (Å²) < 4.78 is 1.96. The van der Waals surface area contributed by atoms with E-state index in [2.05, 4.69) is 12.1 Å². The fourth-order valence-corrected chi connectivity index (χ4v) is 2.69. The van der Waals surface area contributed by atoms with E-state index in [4.69, 9.17) is 0 Å². The van der Waals surface area contributed by atoms with Crippen molar-refractivity contribution in [2.24, 2.45) is 0 Å². The molecule has 1 heterocycles. The third kappa shape index (κ3) is 3.37. The molecule has 0 fully saturated rings. The summed E-state index contributed by atoms with van der Waals surface area (Å²) in [5.74, 6) is 0.125. The van der Waals surface area contributed by atoms with Crippen molar-refractivity contribution in [3.8, 4) is 11.1 Å². The zero-order valence-corrected chi connectivity index (χ0v) is 13.4. The second-order valence-corrected chi connectivity index (χ2v) is 5.81. The molecule has 2 nitrogen and oxygen atoms in total. The average molecular weight is 302 g/mol. The molecular weight excluding hydrogens is 282 g/mol. The third-order valence-electron chi connectivity index (χ3n) is 4.07. The average Bonchev–Trinajstić information content (AvgIpc) is 2.61. The second-order valence-electron chi connectivity index (χ2n) is 5.81. The highest BCUT2D eigenvalue weighted by Gasteiger charge is 2.23. The zero-order chi connectivity index (χ0) is 16.2. The van der Waals surface area contributed by atoms with Gasteiger partial charge in [-0.3, -0.25) is 4.79 Å². The summed E-state index contributed by atoms with van der Waals surface area (Å²) in [5.41, 5.74) is 4.17. The van der Waals surface area contributed by atoms with Gasteiger partial charge < -0.3 is 0 Å². The monoisotopic (exact) mass is 302 g/mol. The highest BCUT2D eigenvalue weighted by molar-refractivity contribution is 5.98. The zero-order valence-electron chi connectivity index (χ0n) is 13.4. The maximum absolute atomic E-state index is 12.7. The van der Waals surface area contributed by atoms with Gasteiger partial charge in [-0.1, -0.05) is 54.6 Å². The molecule has 0 spiro atoms. The van der Waals surface area contributed by atoms with Crippen molar-refractivity contribution in [2.75, 3.05) is 0 Å². The van der Waals surface area contributed by atoms with Crippen molar-refractivity contribution >= 4 is 5.78 Å². The molecule has 2 heteroatoms. The number of benzene rings is 2. The molecule has 0 amide bonds. The van der Waals surface area contributed by atoms with Gasteiger partial charge in [0.2, 0.25) is 11.8 Å². The summed E-state index contributed by atoms with van der Waals surface area (Å²) in [7, 11) is 0. The number of carbonyl (C=O) groups is 1. The van der Waals surface area contributed by atoms with Crippen molar-refractivity contribution in [2.45, 2.75) is 19.9 Å². The van der Waals surface area contributed by atoms with Crippen LogP contribution in [0, 0.1) is 6.92 Å². The lowest BCUT2D eigenvalue weighted by Crippen LogP contribution is -2.41. The molecule has 114 valence electrons. The molecule has 1 aromatic heterocycles. The number of pyridine rings is 1. The highest BCUT2D eigenvalue weighted by atomic mass is 16.1. The van der Waals surface area contributed by atoms with Crippen molar-refractivity contribution < 1.29 is 9.36 Å². The number of carbonyl (C=O) groups excluding carboxylic acids is 1. The van der Waals surface area contributed by atoms with Gasteiger partial charge in [0, 0.05) is 24.1 Å². The van der Waals surface area contributed by atoms with Crippen LogP contribution in [0.2, 0.25) is 0 Å². The fourth-order valence-electron chi connectivity index (χ4n) is 2.69. The molecule has 0 saturated heterocycles. The summed E-state index contributed by atoms with van der Waals surface area (Å²) in [6.45, 7) is 3.97. The lowest BCUT2D eigenvalue weighted by atomic mass is 10.00. The number of rotatable bonds is 4. The van der Waals surface area contributed by atoms with Crippen LogP contribution in [0.1, 0.15) is 28.9 Å². The Bertz CT molecular complexity index is 807. The van der Waals surface area contributed by atoms with Gasteiger partial charge in [0.05, 0.1) is 0 Å². The Labute approximate surface area is 137 Å². The van der Waals surface area contributed by atoms with Gasteiger partial charge in [-0.2, -0.15) is 4.57 Å². The largest absolute Gasteiger partial charge is 0.287 e. The Morgan fingerprint density at radius 1 is 0.870 bits per heavy atom. The first-order valence-corrected chi connectivity index (χ1v) is 7.82. The van der Waals surface area contributed by atoms with Crippen LogP contribution < -0.4 is 4.57 Å². The number of nitrogens with zero attached hydrogens (tertiary/aromatic N) is 1. The Balaban J connectivity index is 1.83. The molecule has 0 aliphatic carbocycles. The van der Waals surface area contributed by atoms with Crippen LogP contribution in [0.3, 0.4) is 0 Å². The fraction of sp³-hybridized carbons (Fsp3) is 0.143. The second kappa shape index (κ2) is 6.57. The molecule has 1 unspecified atom stereocenters. The molecule has 3 rings (SSSR count). The van der Waals surface area contributed by atoms with Gasteiger partial charge >= 0.3 is 0 Å². The first-order chi connectivity index (χ1) is 11.1. The van der Waals surface area contributed by atoms with Gasteiger partial charge in [0.25, 0.3) is 0 Å². The molecule has 0 radical (unpaired) electrons. The molecule has 0 bridgehead atoms. The maximum atomic E-state index is 12.7. The molecule has 0 aliphatic rings.